The van der Waals surface area contributed by atoms with Crippen LogP contribution in [0.1, 0.15) is 28.7 Å². The summed E-state index contributed by atoms with van der Waals surface area (Å²) in [5, 5.41) is 0. The molecule has 0 saturated carbocycles. The van der Waals surface area contributed by atoms with Crippen LogP contribution >= 0.6 is 0 Å². The summed E-state index contributed by atoms with van der Waals surface area (Å²) in [4.78, 5) is 32.0. The fraction of sp³-hybridized carbons (Fsp3) is 0.267. The van der Waals surface area contributed by atoms with Crippen molar-refractivity contribution in [2.24, 2.45) is 0 Å². The van der Waals surface area contributed by atoms with Crippen LogP contribution in [0, 0.1) is 6.92 Å². The van der Waals surface area contributed by atoms with Crippen LogP contribution in [0.3, 0.4) is 0 Å². The number of aromatic amines is 1. The normalized spacial score (nSPS) is 10.3. The molecule has 0 aliphatic heterocycles. The molecule has 0 saturated heterocycles. The zero-order valence-corrected chi connectivity index (χ0v) is 11.6. The van der Waals surface area contributed by atoms with Gasteiger partial charge in [0.25, 0.3) is 5.91 Å². The largest absolute Gasteiger partial charge is 0.333 e. The summed E-state index contributed by atoms with van der Waals surface area (Å²) in [6, 6.07) is 8.63. The third kappa shape index (κ3) is 3.32. The van der Waals surface area contributed by atoms with E-state index in [0.29, 0.717) is 18.7 Å². The minimum atomic E-state index is -0.218. The maximum Gasteiger partial charge on any atom is 0.255 e. The highest BCUT2D eigenvalue weighted by Crippen LogP contribution is 2.07. The first-order chi connectivity index (χ1) is 9.60. The number of hydrogen-bond donors (Lipinski definition) is 1. The van der Waals surface area contributed by atoms with Crippen molar-refractivity contribution in [1.29, 1.82) is 0 Å². The van der Waals surface area contributed by atoms with Crippen LogP contribution in [-0.4, -0.2) is 27.3 Å². The van der Waals surface area contributed by atoms with Crippen molar-refractivity contribution in [2.75, 3.05) is 6.54 Å². The Labute approximate surface area is 117 Å². The molecule has 0 aliphatic rings. The molecule has 2 rings (SSSR count). The Morgan fingerprint density at radius 1 is 1.30 bits per heavy atom. The van der Waals surface area contributed by atoms with E-state index in [1.807, 2.05) is 32.0 Å². The second-order valence-corrected chi connectivity index (χ2v) is 4.53. The van der Waals surface area contributed by atoms with Gasteiger partial charge in [-0.15, -0.1) is 0 Å². The SMILES string of the molecule is CCN(Cc1cccc(C)n1)C(=O)c1ccc(=O)[nH]c1. The molecule has 0 bridgehead atoms. The molecule has 20 heavy (non-hydrogen) atoms. The molecule has 0 aliphatic carbocycles. The lowest BCUT2D eigenvalue weighted by Crippen LogP contribution is -2.31. The molecule has 2 heterocycles. The first-order valence-electron chi connectivity index (χ1n) is 6.50. The Kier molecular flexibility index (Phi) is 4.30. The number of H-pyrrole nitrogens is 1. The number of amides is 1. The molecule has 0 aromatic carbocycles. The van der Waals surface area contributed by atoms with Gasteiger partial charge in [0.2, 0.25) is 5.56 Å². The summed E-state index contributed by atoms with van der Waals surface area (Å²) in [6.07, 6.45) is 1.44. The van der Waals surface area contributed by atoms with Gasteiger partial charge in [0.1, 0.15) is 0 Å². The van der Waals surface area contributed by atoms with Crippen molar-refractivity contribution in [3.63, 3.8) is 0 Å². The molecule has 1 N–H and O–H groups in total. The van der Waals surface area contributed by atoms with Crippen LogP contribution in [-0.2, 0) is 6.54 Å². The van der Waals surface area contributed by atoms with E-state index in [9.17, 15) is 9.59 Å². The zero-order chi connectivity index (χ0) is 14.5. The highest BCUT2D eigenvalue weighted by Gasteiger charge is 2.15. The first-order valence-corrected chi connectivity index (χ1v) is 6.50. The second kappa shape index (κ2) is 6.14. The molecule has 5 nitrogen and oxygen atoms in total. The van der Waals surface area contributed by atoms with Gasteiger partial charge in [0.05, 0.1) is 17.8 Å². The summed E-state index contributed by atoms with van der Waals surface area (Å²) >= 11 is 0. The Morgan fingerprint density at radius 2 is 2.10 bits per heavy atom. The average molecular weight is 271 g/mol. The van der Waals surface area contributed by atoms with Crippen LogP contribution in [0.15, 0.2) is 41.3 Å². The molecule has 104 valence electrons. The zero-order valence-electron chi connectivity index (χ0n) is 11.6. The van der Waals surface area contributed by atoms with E-state index in [0.717, 1.165) is 11.4 Å². The molecule has 0 spiro atoms. The van der Waals surface area contributed by atoms with Crippen LogP contribution in [0.2, 0.25) is 0 Å². The van der Waals surface area contributed by atoms with Gasteiger partial charge >= 0.3 is 0 Å². The Hall–Kier alpha value is -2.43. The number of aromatic nitrogens is 2. The lowest BCUT2D eigenvalue weighted by Gasteiger charge is -2.20. The topological polar surface area (TPSA) is 66.1 Å². The lowest BCUT2D eigenvalue weighted by atomic mass is 10.2. The van der Waals surface area contributed by atoms with E-state index in [1.165, 1.54) is 18.3 Å². The maximum atomic E-state index is 12.4. The number of nitrogens with zero attached hydrogens (tertiary/aromatic N) is 2. The molecule has 0 radical (unpaired) electrons. The van der Waals surface area contributed by atoms with E-state index in [4.69, 9.17) is 0 Å². The molecule has 5 heteroatoms. The molecular weight excluding hydrogens is 254 g/mol. The van der Waals surface area contributed by atoms with Crippen molar-refractivity contribution in [3.05, 3.63) is 63.8 Å². The molecule has 0 unspecified atom stereocenters. The number of hydrogen-bond acceptors (Lipinski definition) is 3. The highest BCUT2D eigenvalue weighted by atomic mass is 16.2. The van der Waals surface area contributed by atoms with Crippen LogP contribution < -0.4 is 5.56 Å². The van der Waals surface area contributed by atoms with E-state index >= 15 is 0 Å². The van der Waals surface area contributed by atoms with E-state index < -0.39 is 0 Å². The Morgan fingerprint density at radius 3 is 2.70 bits per heavy atom. The number of nitrogens with one attached hydrogen (secondary N) is 1. The third-order valence-corrected chi connectivity index (χ3v) is 3.00. The summed E-state index contributed by atoms with van der Waals surface area (Å²) in [6.45, 7) is 4.87. The van der Waals surface area contributed by atoms with Crippen molar-refractivity contribution in [3.8, 4) is 0 Å². The minimum Gasteiger partial charge on any atom is -0.333 e. The van der Waals surface area contributed by atoms with Crippen LogP contribution in [0.25, 0.3) is 0 Å². The van der Waals surface area contributed by atoms with E-state index in [-0.39, 0.29) is 11.5 Å². The predicted octanol–water partition coefficient (Wildman–Crippen LogP) is 1.74. The van der Waals surface area contributed by atoms with Crippen molar-refractivity contribution < 1.29 is 4.79 Å². The lowest BCUT2D eigenvalue weighted by molar-refractivity contribution is 0.0750. The van der Waals surface area contributed by atoms with Gasteiger partial charge in [-0.25, -0.2) is 0 Å². The van der Waals surface area contributed by atoms with Gasteiger partial charge in [0, 0.05) is 24.5 Å². The number of pyridine rings is 2. The summed E-state index contributed by atoms with van der Waals surface area (Å²) in [7, 11) is 0. The highest BCUT2D eigenvalue weighted by molar-refractivity contribution is 5.93. The summed E-state index contributed by atoms with van der Waals surface area (Å²) in [5.41, 5.74) is 2.03. The first kappa shape index (κ1) is 14.0. The fourth-order valence-corrected chi connectivity index (χ4v) is 1.94. The molecule has 0 fully saturated rings. The van der Waals surface area contributed by atoms with Gasteiger partial charge in [-0.05, 0) is 32.0 Å². The van der Waals surface area contributed by atoms with E-state index in [2.05, 4.69) is 9.97 Å². The smallest absolute Gasteiger partial charge is 0.255 e. The van der Waals surface area contributed by atoms with Crippen molar-refractivity contribution in [2.45, 2.75) is 20.4 Å². The van der Waals surface area contributed by atoms with Crippen molar-refractivity contribution in [1.82, 2.24) is 14.9 Å². The second-order valence-electron chi connectivity index (χ2n) is 4.53. The van der Waals surface area contributed by atoms with Gasteiger partial charge < -0.3 is 9.88 Å². The number of carbonyl (C=O) groups is 1. The number of rotatable bonds is 4. The monoisotopic (exact) mass is 271 g/mol. The molecule has 0 atom stereocenters. The molecular formula is C15H17N3O2. The third-order valence-electron chi connectivity index (χ3n) is 3.00. The molecule has 1 amide bonds. The standard InChI is InChI=1S/C15H17N3O2/c1-3-18(10-13-6-4-5-11(2)17-13)15(20)12-7-8-14(19)16-9-12/h4-9H,3,10H2,1-2H3,(H,16,19). The van der Waals surface area contributed by atoms with E-state index in [1.54, 1.807) is 4.90 Å². The van der Waals surface area contributed by atoms with Gasteiger partial charge in [-0.3, -0.25) is 14.6 Å². The van der Waals surface area contributed by atoms with Gasteiger partial charge in [-0.2, -0.15) is 0 Å². The van der Waals surface area contributed by atoms with Crippen molar-refractivity contribution >= 4 is 5.91 Å². The summed E-state index contributed by atoms with van der Waals surface area (Å²) in [5.74, 6) is -0.118. The molecule has 2 aromatic heterocycles. The van der Waals surface area contributed by atoms with Gasteiger partial charge in [-0.1, -0.05) is 6.07 Å². The van der Waals surface area contributed by atoms with Crippen LogP contribution in [0.5, 0.6) is 0 Å². The minimum absolute atomic E-state index is 0.118. The number of carbonyl (C=O) groups excluding carboxylic acids is 1. The quantitative estimate of drug-likeness (QED) is 0.921. The number of aryl methyl sites for hydroxylation is 1. The van der Waals surface area contributed by atoms with Crippen LogP contribution in [0.4, 0.5) is 0 Å². The average Bonchev–Trinajstić information content (AvgIpc) is 2.45. The maximum absolute atomic E-state index is 12.4. The Balaban J connectivity index is 2.17. The molecule has 2 aromatic rings. The fourth-order valence-electron chi connectivity index (χ4n) is 1.94. The summed E-state index contributed by atoms with van der Waals surface area (Å²) < 4.78 is 0. The van der Waals surface area contributed by atoms with Gasteiger partial charge in [0.15, 0.2) is 0 Å². The predicted molar refractivity (Wildman–Crippen MR) is 76.5 cm³/mol. The Bertz CT molecular complexity index is 644.